The van der Waals surface area contributed by atoms with Crippen molar-refractivity contribution in [2.75, 3.05) is 0 Å². The van der Waals surface area contributed by atoms with Gasteiger partial charge in [0.2, 0.25) is 5.91 Å². The highest BCUT2D eigenvalue weighted by Gasteiger charge is 2.16. The number of rotatable bonds is 2. The summed E-state index contributed by atoms with van der Waals surface area (Å²) in [5.74, 6) is -0.709. The average molecular weight is 299 g/mol. The molecule has 0 aliphatic rings. The van der Waals surface area contributed by atoms with Gasteiger partial charge in [-0.1, -0.05) is 0 Å². The molecule has 0 unspecified atom stereocenters. The molecule has 0 atom stereocenters. The van der Waals surface area contributed by atoms with Crippen LogP contribution < -0.4 is 5.73 Å². The van der Waals surface area contributed by atoms with Crippen LogP contribution in [0.25, 0.3) is 0 Å². The van der Waals surface area contributed by atoms with E-state index >= 15 is 0 Å². The number of amides is 1. The molecule has 0 bridgehead atoms. The maximum absolute atomic E-state index is 11.0. The molecule has 0 radical (unpaired) electrons. The van der Waals surface area contributed by atoms with Crippen LogP contribution in [0.2, 0.25) is 0 Å². The van der Waals surface area contributed by atoms with Crippen molar-refractivity contribution < 1.29 is 13.2 Å². The molecule has 14 heavy (non-hydrogen) atoms. The van der Waals surface area contributed by atoms with E-state index in [1.807, 2.05) is 0 Å². The molecule has 0 fully saturated rings. The van der Waals surface area contributed by atoms with Gasteiger partial charge in [0.1, 0.15) is 0 Å². The van der Waals surface area contributed by atoms with Crippen LogP contribution in [0.15, 0.2) is 27.6 Å². The lowest BCUT2D eigenvalue weighted by atomic mass is 10.2. The van der Waals surface area contributed by atoms with E-state index in [9.17, 15) is 13.2 Å². The summed E-state index contributed by atoms with van der Waals surface area (Å²) in [6.07, 6.45) is 0. The Morgan fingerprint density at radius 3 is 2.43 bits per heavy atom. The quantitative estimate of drug-likeness (QED) is 0.840. The monoisotopic (exact) mass is 297 g/mol. The third-order valence-corrected chi connectivity index (χ3v) is 3.79. The van der Waals surface area contributed by atoms with E-state index in [2.05, 4.69) is 15.9 Å². The van der Waals surface area contributed by atoms with Crippen molar-refractivity contribution in [3.05, 3.63) is 28.2 Å². The van der Waals surface area contributed by atoms with Gasteiger partial charge in [-0.15, -0.1) is 0 Å². The lowest BCUT2D eigenvalue weighted by molar-refractivity contribution is 0.1000. The Labute approximate surface area is 93.6 Å². The SMILES string of the molecule is NC(=O)c1ccc(Br)c(S(=O)(=O)Cl)c1. The molecule has 2 N–H and O–H groups in total. The molecule has 0 saturated heterocycles. The summed E-state index contributed by atoms with van der Waals surface area (Å²) >= 11 is 3.00. The Kier molecular flexibility index (Phi) is 3.18. The van der Waals surface area contributed by atoms with Gasteiger partial charge in [-0.05, 0) is 34.1 Å². The number of primary amides is 1. The second-order valence-electron chi connectivity index (χ2n) is 2.45. The van der Waals surface area contributed by atoms with Crippen molar-refractivity contribution in [1.82, 2.24) is 0 Å². The molecule has 1 rings (SSSR count). The van der Waals surface area contributed by atoms with Crippen LogP contribution in [0.3, 0.4) is 0 Å². The van der Waals surface area contributed by atoms with Gasteiger partial charge in [0, 0.05) is 20.7 Å². The van der Waals surface area contributed by atoms with E-state index in [1.165, 1.54) is 12.1 Å². The molecule has 0 aliphatic heterocycles. The Hall–Kier alpha value is -0.590. The van der Waals surface area contributed by atoms with Gasteiger partial charge in [-0.25, -0.2) is 8.42 Å². The molecule has 0 heterocycles. The molecule has 76 valence electrons. The fourth-order valence-corrected chi connectivity index (χ4v) is 2.96. The van der Waals surface area contributed by atoms with Gasteiger partial charge in [-0.2, -0.15) is 0 Å². The summed E-state index contributed by atoms with van der Waals surface area (Å²) in [5.41, 5.74) is 5.07. The second-order valence-corrected chi connectivity index (χ2v) is 5.84. The summed E-state index contributed by atoms with van der Waals surface area (Å²) in [5, 5.41) is 0. The first-order valence-electron chi connectivity index (χ1n) is 3.36. The van der Waals surface area contributed by atoms with Crippen LogP contribution in [-0.4, -0.2) is 14.3 Å². The van der Waals surface area contributed by atoms with Crippen LogP contribution in [0.1, 0.15) is 10.4 Å². The standard InChI is InChI=1S/C7H5BrClNO3S/c8-5-2-1-4(7(10)11)3-6(5)14(9,12)13/h1-3H,(H2,10,11). The average Bonchev–Trinajstić information content (AvgIpc) is 2.02. The van der Waals surface area contributed by atoms with Crippen molar-refractivity contribution >= 4 is 41.6 Å². The molecule has 7 heteroatoms. The van der Waals surface area contributed by atoms with Crippen molar-refractivity contribution in [1.29, 1.82) is 0 Å². The zero-order valence-corrected chi connectivity index (χ0v) is 9.86. The first-order chi connectivity index (χ1) is 6.32. The van der Waals surface area contributed by atoms with Gasteiger partial charge in [0.05, 0.1) is 4.90 Å². The Balaban J connectivity index is 3.44. The minimum atomic E-state index is -3.87. The Morgan fingerprint density at radius 1 is 1.43 bits per heavy atom. The zero-order chi connectivity index (χ0) is 10.9. The molecule has 1 aromatic carbocycles. The number of carbonyl (C=O) groups is 1. The molecule has 0 aliphatic carbocycles. The highest BCUT2D eigenvalue weighted by molar-refractivity contribution is 9.10. The number of benzene rings is 1. The number of hydrogen-bond donors (Lipinski definition) is 1. The van der Waals surface area contributed by atoms with Gasteiger partial charge in [0.25, 0.3) is 9.05 Å². The van der Waals surface area contributed by atoms with Crippen LogP contribution in [-0.2, 0) is 9.05 Å². The van der Waals surface area contributed by atoms with E-state index in [0.717, 1.165) is 6.07 Å². The lowest BCUT2D eigenvalue weighted by Gasteiger charge is -2.01. The number of hydrogen-bond acceptors (Lipinski definition) is 3. The summed E-state index contributed by atoms with van der Waals surface area (Å²) in [4.78, 5) is 10.6. The largest absolute Gasteiger partial charge is 0.366 e. The van der Waals surface area contributed by atoms with E-state index in [1.54, 1.807) is 0 Å². The smallest absolute Gasteiger partial charge is 0.262 e. The van der Waals surface area contributed by atoms with E-state index in [0.29, 0.717) is 0 Å². The molecule has 0 saturated carbocycles. The molecule has 1 aromatic rings. The molecular weight excluding hydrogens is 294 g/mol. The summed E-state index contributed by atoms with van der Waals surface area (Å²) in [6.45, 7) is 0. The van der Waals surface area contributed by atoms with Gasteiger partial charge >= 0.3 is 0 Å². The highest BCUT2D eigenvalue weighted by Crippen LogP contribution is 2.25. The van der Waals surface area contributed by atoms with Crippen molar-refractivity contribution in [3.63, 3.8) is 0 Å². The Bertz CT molecular complexity index is 486. The van der Waals surface area contributed by atoms with Crippen LogP contribution in [0, 0.1) is 0 Å². The topological polar surface area (TPSA) is 77.2 Å². The molecule has 0 aromatic heterocycles. The van der Waals surface area contributed by atoms with Crippen LogP contribution >= 0.6 is 26.6 Å². The number of carbonyl (C=O) groups excluding carboxylic acids is 1. The third kappa shape index (κ3) is 2.46. The lowest BCUT2D eigenvalue weighted by Crippen LogP contribution is -2.11. The highest BCUT2D eigenvalue weighted by atomic mass is 79.9. The first kappa shape index (κ1) is 11.5. The number of nitrogens with two attached hydrogens (primary N) is 1. The maximum Gasteiger partial charge on any atom is 0.262 e. The minimum Gasteiger partial charge on any atom is -0.366 e. The van der Waals surface area contributed by atoms with Gasteiger partial charge in [-0.3, -0.25) is 4.79 Å². The van der Waals surface area contributed by atoms with E-state index < -0.39 is 15.0 Å². The van der Waals surface area contributed by atoms with E-state index in [-0.39, 0.29) is 14.9 Å². The zero-order valence-electron chi connectivity index (χ0n) is 6.70. The predicted octanol–water partition coefficient (Wildman–Crippen LogP) is 1.48. The Morgan fingerprint density at radius 2 is 2.00 bits per heavy atom. The first-order valence-corrected chi connectivity index (χ1v) is 6.46. The van der Waals surface area contributed by atoms with Crippen molar-refractivity contribution in [3.8, 4) is 0 Å². The molecule has 0 spiro atoms. The summed E-state index contributed by atoms with van der Waals surface area (Å²) in [6, 6.07) is 3.92. The van der Waals surface area contributed by atoms with Gasteiger partial charge in [0.15, 0.2) is 0 Å². The second kappa shape index (κ2) is 3.88. The summed E-state index contributed by atoms with van der Waals surface area (Å²) in [7, 11) is 1.26. The minimum absolute atomic E-state index is 0.0902. The fraction of sp³-hybridized carbons (Fsp3) is 0. The van der Waals surface area contributed by atoms with Crippen LogP contribution in [0.4, 0.5) is 0 Å². The van der Waals surface area contributed by atoms with Crippen molar-refractivity contribution in [2.45, 2.75) is 4.90 Å². The predicted molar refractivity (Wildman–Crippen MR) is 55.7 cm³/mol. The van der Waals surface area contributed by atoms with Crippen LogP contribution in [0.5, 0.6) is 0 Å². The number of halogens is 2. The fourth-order valence-electron chi connectivity index (χ4n) is 0.843. The van der Waals surface area contributed by atoms with Gasteiger partial charge < -0.3 is 5.73 Å². The molecule has 4 nitrogen and oxygen atoms in total. The third-order valence-electron chi connectivity index (χ3n) is 1.48. The maximum atomic E-state index is 11.0. The van der Waals surface area contributed by atoms with Crippen molar-refractivity contribution in [2.24, 2.45) is 5.73 Å². The molecular formula is C7H5BrClNO3S. The summed E-state index contributed by atoms with van der Waals surface area (Å²) < 4.78 is 22.3. The molecule has 1 amide bonds. The van der Waals surface area contributed by atoms with E-state index in [4.69, 9.17) is 16.4 Å². The normalized spacial score (nSPS) is 11.3.